The molecule has 1 aliphatic carbocycles. The Morgan fingerprint density at radius 3 is 2.62 bits per heavy atom. The van der Waals surface area contributed by atoms with E-state index in [0.717, 1.165) is 19.3 Å². The molecule has 0 radical (unpaired) electrons. The zero-order valence-corrected chi connectivity index (χ0v) is 13.6. The molecule has 0 fully saturated rings. The summed E-state index contributed by atoms with van der Waals surface area (Å²) in [6, 6.07) is 15.1. The second-order valence-electron chi connectivity index (χ2n) is 5.97. The van der Waals surface area contributed by atoms with Crippen molar-refractivity contribution in [3.8, 4) is 0 Å². The van der Waals surface area contributed by atoms with Crippen molar-refractivity contribution >= 4 is 17.6 Å². The molecule has 0 bridgehead atoms. The number of carbonyl (C=O) groups is 2. The summed E-state index contributed by atoms with van der Waals surface area (Å²) in [4.78, 5) is 23.9. The quantitative estimate of drug-likeness (QED) is 0.813. The van der Waals surface area contributed by atoms with Gasteiger partial charge in [-0.1, -0.05) is 30.3 Å². The predicted molar refractivity (Wildman–Crippen MR) is 94.2 cm³/mol. The summed E-state index contributed by atoms with van der Waals surface area (Å²) in [5.74, 6) is -0.178. The highest BCUT2D eigenvalue weighted by Gasteiger charge is 2.19. The van der Waals surface area contributed by atoms with Gasteiger partial charge >= 0.3 is 6.03 Å². The summed E-state index contributed by atoms with van der Waals surface area (Å²) in [6.45, 7) is 0. The molecule has 0 spiro atoms. The molecule has 0 saturated heterocycles. The minimum atomic E-state index is -0.242. The van der Waals surface area contributed by atoms with Gasteiger partial charge in [0.1, 0.15) is 0 Å². The van der Waals surface area contributed by atoms with E-state index < -0.39 is 0 Å². The lowest BCUT2D eigenvalue weighted by Crippen LogP contribution is -2.41. The fourth-order valence-electron chi connectivity index (χ4n) is 3.06. The molecule has 2 aromatic rings. The Balaban J connectivity index is 1.60. The van der Waals surface area contributed by atoms with Crippen molar-refractivity contribution in [2.75, 3.05) is 12.4 Å². The molecule has 0 aromatic heterocycles. The molecule has 5 heteroatoms. The van der Waals surface area contributed by atoms with Crippen LogP contribution in [0.3, 0.4) is 0 Å². The number of nitrogens with one attached hydrogen (secondary N) is 3. The van der Waals surface area contributed by atoms with Crippen molar-refractivity contribution in [1.29, 1.82) is 0 Å². The van der Waals surface area contributed by atoms with Crippen molar-refractivity contribution in [2.45, 2.75) is 25.3 Å². The number of hydrogen-bond donors (Lipinski definition) is 3. The van der Waals surface area contributed by atoms with E-state index in [1.807, 2.05) is 6.07 Å². The highest BCUT2D eigenvalue weighted by atomic mass is 16.2. The van der Waals surface area contributed by atoms with Gasteiger partial charge in [0.15, 0.2) is 0 Å². The van der Waals surface area contributed by atoms with Crippen LogP contribution in [-0.2, 0) is 12.8 Å². The van der Waals surface area contributed by atoms with E-state index in [0.29, 0.717) is 11.3 Å². The summed E-state index contributed by atoms with van der Waals surface area (Å²) in [6.07, 6.45) is 2.76. The van der Waals surface area contributed by atoms with Crippen LogP contribution in [-0.4, -0.2) is 25.0 Å². The van der Waals surface area contributed by atoms with E-state index >= 15 is 0 Å². The van der Waals surface area contributed by atoms with Gasteiger partial charge < -0.3 is 16.0 Å². The number of rotatable bonds is 3. The molecule has 0 aliphatic heterocycles. The van der Waals surface area contributed by atoms with E-state index in [1.165, 1.54) is 11.1 Å². The fraction of sp³-hybridized carbons (Fsp3) is 0.263. The van der Waals surface area contributed by atoms with Crippen molar-refractivity contribution in [3.63, 3.8) is 0 Å². The maximum absolute atomic E-state index is 12.2. The van der Waals surface area contributed by atoms with Crippen LogP contribution in [0, 0.1) is 0 Å². The van der Waals surface area contributed by atoms with Crippen LogP contribution in [0.25, 0.3) is 0 Å². The van der Waals surface area contributed by atoms with E-state index in [1.54, 1.807) is 31.3 Å². The Kier molecular flexibility index (Phi) is 4.79. The number of carbonyl (C=O) groups excluding carboxylic acids is 2. The molecule has 0 unspecified atom stereocenters. The Morgan fingerprint density at radius 2 is 1.83 bits per heavy atom. The number of benzene rings is 2. The van der Waals surface area contributed by atoms with Crippen LogP contribution >= 0.6 is 0 Å². The second-order valence-corrected chi connectivity index (χ2v) is 5.97. The lowest BCUT2D eigenvalue weighted by atomic mass is 9.88. The molecule has 3 amide bonds. The maximum Gasteiger partial charge on any atom is 0.319 e. The van der Waals surface area contributed by atoms with Gasteiger partial charge in [0.25, 0.3) is 5.91 Å². The minimum absolute atomic E-state index is 0.127. The average molecular weight is 323 g/mol. The molecule has 124 valence electrons. The summed E-state index contributed by atoms with van der Waals surface area (Å²) in [5, 5.41) is 8.39. The van der Waals surface area contributed by atoms with Gasteiger partial charge in [-0.3, -0.25) is 4.79 Å². The Bertz CT molecular complexity index is 758. The topological polar surface area (TPSA) is 70.2 Å². The molecule has 1 atom stereocenters. The van der Waals surface area contributed by atoms with Crippen LogP contribution in [0.1, 0.15) is 27.9 Å². The summed E-state index contributed by atoms with van der Waals surface area (Å²) in [7, 11) is 1.58. The third-order valence-electron chi connectivity index (χ3n) is 4.29. The van der Waals surface area contributed by atoms with E-state index in [-0.39, 0.29) is 18.0 Å². The normalized spacial score (nSPS) is 16.0. The first-order chi connectivity index (χ1) is 11.7. The van der Waals surface area contributed by atoms with E-state index in [2.05, 4.69) is 34.1 Å². The van der Waals surface area contributed by atoms with E-state index in [4.69, 9.17) is 0 Å². The summed E-state index contributed by atoms with van der Waals surface area (Å²) < 4.78 is 0. The highest BCUT2D eigenvalue weighted by molar-refractivity contribution is 5.96. The van der Waals surface area contributed by atoms with Crippen molar-refractivity contribution < 1.29 is 9.59 Å². The Morgan fingerprint density at radius 1 is 1.04 bits per heavy atom. The SMILES string of the molecule is CNC(=O)c1cccc(NC(=O)N[C@@H]2CCc3ccccc3C2)c1. The van der Waals surface area contributed by atoms with Crippen LogP contribution < -0.4 is 16.0 Å². The van der Waals surface area contributed by atoms with Gasteiger partial charge in [-0.15, -0.1) is 0 Å². The van der Waals surface area contributed by atoms with Gasteiger partial charge in [0.05, 0.1) is 0 Å². The fourth-order valence-corrected chi connectivity index (χ4v) is 3.06. The monoisotopic (exact) mass is 323 g/mol. The van der Waals surface area contributed by atoms with Gasteiger partial charge in [-0.05, 0) is 48.6 Å². The number of anilines is 1. The largest absolute Gasteiger partial charge is 0.355 e. The molecular formula is C19H21N3O2. The van der Waals surface area contributed by atoms with E-state index in [9.17, 15) is 9.59 Å². The second kappa shape index (κ2) is 7.17. The maximum atomic E-state index is 12.2. The molecule has 3 N–H and O–H groups in total. The van der Waals surface area contributed by atoms with Crippen LogP contribution in [0.4, 0.5) is 10.5 Å². The molecule has 0 saturated carbocycles. The van der Waals surface area contributed by atoms with Crippen LogP contribution in [0.5, 0.6) is 0 Å². The van der Waals surface area contributed by atoms with Crippen molar-refractivity contribution in [3.05, 3.63) is 65.2 Å². The zero-order chi connectivity index (χ0) is 16.9. The molecular weight excluding hydrogens is 302 g/mol. The number of fused-ring (bicyclic) bond motifs is 1. The number of amides is 3. The third kappa shape index (κ3) is 3.74. The molecule has 5 nitrogen and oxygen atoms in total. The zero-order valence-electron chi connectivity index (χ0n) is 13.6. The minimum Gasteiger partial charge on any atom is -0.355 e. The first kappa shape index (κ1) is 16.1. The van der Waals surface area contributed by atoms with Crippen LogP contribution in [0.15, 0.2) is 48.5 Å². The van der Waals surface area contributed by atoms with Crippen LogP contribution in [0.2, 0.25) is 0 Å². The lowest BCUT2D eigenvalue weighted by molar-refractivity contribution is 0.0963. The molecule has 24 heavy (non-hydrogen) atoms. The summed E-state index contributed by atoms with van der Waals surface area (Å²) in [5.41, 5.74) is 3.79. The third-order valence-corrected chi connectivity index (χ3v) is 4.29. The summed E-state index contributed by atoms with van der Waals surface area (Å²) >= 11 is 0. The first-order valence-electron chi connectivity index (χ1n) is 8.12. The molecule has 3 rings (SSSR count). The van der Waals surface area contributed by atoms with Gasteiger partial charge in [0, 0.05) is 24.3 Å². The molecule has 1 aliphatic rings. The van der Waals surface area contributed by atoms with Crippen molar-refractivity contribution in [1.82, 2.24) is 10.6 Å². The number of hydrogen-bond acceptors (Lipinski definition) is 2. The smallest absolute Gasteiger partial charge is 0.319 e. The first-order valence-corrected chi connectivity index (χ1v) is 8.12. The molecule has 0 heterocycles. The predicted octanol–water partition coefficient (Wildman–Crippen LogP) is 2.73. The Hall–Kier alpha value is -2.82. The van der Waals surface area contributed by atoms with Gasteiger partial charge in [-0.25, -0.2) is 4.79 Å². The van der Waals surface area contributed by atoms with Gasteiger partial charge in [0.2, 0.25) is 0 Å². The standard InChI is InChI=1S/C19H21N3O2/c1-20-18(23)15-7-4-8-16(12-15)21-19(24)22-17-10-9-13-5-2-3-6-14(13)11-17/h2-8,12,17H,9-11H2,1H3,(H,20,23)(H2,21,22,24)/t17-/m1/s1. The average Bonchev–Trinajstić information content (AvgIpc) is 2.61. The number of urea groups is 1. The number of aryl methyl sites for hydroxylation is 1. The van der Waals surface area contributed by atoms with Crippen molar-refractivity contribution in [2.24, 2.45) is 0 Å². The highest BCUT2D eigenvalue weighted by Crippen LogP contribution is 2.21. The Labute approximate surface area is 141 Å². The lowest BCUT2D eigenvalue weighted by Gasteiger charge is -2.25. The molecule has 2 aromatic carbocycles. The van der Waals surface area contributed by atoms with Gasteiger partial charge in [-0.2, -0.15) is 0 Å².